The number of aromatic nitrogens is 4. The van der Waals surface area contributed by atoms with Crippen LogP contribution in [0.15, 0.2) is 53.7 Å². The Labute approximate surface area is 171 Å². The molecule has 1 heterocycles. The standard InChI is InChI=1S/C17H13F3N6O3S/c18-17(19,20)13-8-12(26(28)29)6-7-14(13)21-15(27)10-30-16-22-23-24-25(16)9-11-4-2-1-3-5-11/h1-8H,9-10H2,(H,21,27). The van der Waals surface area contributed by atoms with Gasteiger partial charge in [0, 0.05) is 12.1 Å². The predicted molar refractivity (Wildman–Crippen MR) is 101 cm³/mol. The Balaban J connectivity index is 1.67. The molecule has 1 amide bonds. The van der Waals surface area contributed by atoms with E-state index in [1.165, 1.54) is 4.68 Å². The van der Waals surface area contributed by atoms with Gasteiger partial charge < -0.3 is 5.32 Å². The molecule has 0 saturated carbocycles. The number of amides is 1. The van der Waals surface area contributed by atoms with Crippen LogP contribution in [-0.2, 0) is 17.5 Å². The molecule has 3 aromatic rings. The maximum Gasteiger partial charge on any atom is 0.418 e. The van der Waals surface area contributed by atoms with Crippen molar-refractivity contribution in [2.75, 3.05) is 11.1 Å². The van der Waals surface area contributed by atoms with Crippen molar-refractivity contribution in [3.05, 3.63) is 69.8 Å². The molecular weight excluding hydrogens is 425 g/mol. The molecule has 0 aliphatic carbocycles. The maximum absolute atomic E-state index is 13.2. The normalized spacial score (nSPS) is 11.3. The SMILES string of the molecule is O=C(CSc1nnnn1Cc1ccccc1)Nc1ccc([N+](=O)[O-])cc1C(F)(F)F. The molecule has 0 saturated heterocycles. The van der Waals surface area contributed by atoms with Gasteiger partial charge in [0.25, 0.3) is 5.69 Å². The van der Waals surface area contributed by atoms with E-state index >= 15 is 0 Å². The number of rotatable bonds is 7. The number of anilines is 1. The van der Waals surface area contributed by atoms with Crippen molar-refractivity contribution in [3.63, 3.8) is 0 Å². The Hall–Kier alpha value is -3.48. The Kier molecular flexibility index (Phi) is 6.30. The largest absolute Gasteiger partial charge is 0.418 e. The summed E-state index contributed by atoms with van der Waals surface area (Å²) in [4.78, 5) is 22.0. The van der Waals surface area contributed by atoms with Crippen molar-refractivity contribution in [1.82, 2.24) is 20.2 Å². The molecule has 0 aliphatic rings. The Morgan fingerprint density at radius 2 is 1.93 bits per heavy atom. The summed E-state index contributed by atoms with van der Waals surface area (Å²) in [5.74, 6) is -1.00. The van der Waals surface area contributed by atoms with Gasteiger partial charge in [0.1, 0.15) is 0 Å². The second-order valence-corrected chi connectivity index (χ2v) is 6.87. The number of hydrogen-bond donors (Lipinski definition) is 1. The second-order valence-electron chi connectivity index (χ2n) is 5.93. The van der Waals surface area contributed by atoms with E-state index in [-0.39, 0.29) is 5.75 Å². The molecule has 0 fully saturated rings. The van der Waals surface area contributed by atoms with E-state index in [4.69, 9.17) is 0 Å². The van der Waals surface area contributed by atoms with Crippen molar-refractivity contribution in [3.8, 4) is 0 Å². The van der Waals surface area contributed by atoms with Gasteiger partial charge in [-0.15, -0.1) is 5.10 Å². The molecular formula is C17H13F3N6O3S. The summed E-state index contributed by atoms with van der Waals surface area (Å²) in [6, 6.07) is 11.4. The number of carbonyl (C=O) groups excluding carboxylic acids is 1. The van der Waals surface area contributed by atoms with Gasteiger partial charge >= 0.3 is 6.18 Å². The van der Waals surface area contributed by atoms with Crippen LogP contribution in [0, 0.1) is 10.1 Å². The number of thioether (sulfide) groups is 1. The van der Waals surface area contributed by atoms with Crippen LogP contribution in [0.3, 0.4) is 0 Å². The highest BCUT2D eigenvalue weighted by Gasteiger charge is 2.35. The summed E-state index contributed by atoms with van der Waals surface area (Å²) in [7, 11) is 0. The number of alkyl halides is 3. The van der Waals surface area contributed by atoms with Gasteiger partial charge in [-0.05, 0) is 22.1 Å². The smallest absolute Gasteiger partial charge is 0.325 e. The zero-order valence-electron chi connectivity index (χ0n) is 15.0. The number of hydrogen-bond acceptors (Lipinski definition) is 7. The molecule has 30 heavy (non-hydrogen) atoms. The van der Waals surface area contributed by atoms with Crippen LogP contribution in [0.25, 0.3) is 0 Å². The number of nitro benzene ring substituents is 1. The highest BCUT2D eigenvalue weighted by molar-refractivity contribution is 7.99. The van der Waals surface area contributed by atoms with Gasteiger partial charge in [-0.2, -0.15) is 13.2 Å². The minimum absolute atomic E-state index is 0.260. The van der Waals surface area contributed by atoms with Crippen LogP contribution in [0.5, 0.6) is 0 Å². The number of halogens is 3. The number of tetrazole rings is 1. The first-order valence-corrected chi connectivity index (χ1v) is 9.31. The molecule has 1 N–H and O–H groups in total. The van der Waals surface area contributed by atoms with E-state index < -0.39 is 33.9 Å². The molecule has 0 radical (unpaired) electrons. The molecule has 9 nitrogen and oxygen atoms in total. The summed E-state index contributed by atoms with van der Waals surface area (Å²) in [5.41, 5.74) is -1.67. The second kappa shape index (κ2) is 8.90. The first kappa shape index (κ1) is 21.2. The van der Waals surface area contributed by atoms with Gasteiger partial charge in [-0.25, -0.2) is 4.68 Å². The highest BCUT2D eigenvalue weighted by atomic mass is 32.2. The summed E-state index contributed by atoms with van der Waals surface area (Å²) >= 11 is 0.947. The molecule has 156 valence electrons. The third-order valence-electron chi connectivity index (χ3n) is 3.80. The van der Waals surface area contributed by atoms with Gasteiger partial charge in [0.15, 0.2) is 0 Å². The zero-order valence-corrected chi connectivity index (χ0v) is 15.9. The number of nitrogens with zero attached hydrogens (tertiary/aromatic N) is 5. The summed E-state index contributed by atoms with van der Waals surface area (Å²) in [6.45, 7) is 0.359. The van der Waals surface area contributed by atoms with Crippen LogP contribution >= 0.6 is 11.8 Å². The fourth-order valence-electron chi connectivity index (χ4n) is 2.46. The van der Waals surface area contributed by atoms with Crippen molar-refractivity contribution in [2.45, 2.75) is 17.9 Å². The first-order valence-electron chi connectivity index (χ1n) is 8.32. The summed E-state index contributed by atoms with van der Waals surface area (Å²) < 4.78 is 41.1. The maximum atomic E-state index is 13.2. The highest BCUT2D eigenvalue weighted by Crippen LogP contribution is 2.37. The number of nitro groups is 1. The van der Waals surface area contributed by atoms with E-state index in [1.54, 1.807) is 0 Å². The number of benzene rings is 2. The van der Waals surface area contributed by atoms with Gasteiger partial charge in [-0.3, -0.25) is 14.9 Å². The van der Waals surface area contributed by atoms with Crippen LogP contribution in [0.4, 0.5) is 24.5 Å². The molecule has 2 aromatic carbocycles. The Bertz CT molecular complexity index is 1060. The zero-order chi connectivity index (χ0) is 21.7. The van der Waals surface area contributed by atoms with E-state index in [1.807, 2.05) is 30.3 Å². The lowest BCUT2D eigenvalue weighted by Crippen LogP contribution is -2.18. The molecule has 0 atom stereocenters. The van der Waals surface area contributed by atoms with Crippen LogP contribution in [-0.4, -0.2) is 36.8 Å². The lowest BCUT2D eigenvalue weighted by atomic mass is 10.1. The average molecular weight is 438 g/mol. The molecule has 0 spiro atoms. The molecule has 0 bridgehead atoms. The fourth-order valence-corrected chi connectivity index (χ4v) is 3.14. The molecule has 13 heteroatoms. The number of carbonyl (C=O) groups is 1. The summed E-state index contributed by atoms with van der Waals surface area (Å²) in [6.07, 6.45) is -4.87. The third kappa shape index (κ3) is 5.31. The lowest BCUT2D eigenvalue weighted by molar-refractivity contribution is -0.385. The lowest BCUT2D eigenvalue weighted by Gasteiger charge is -2.13. The number of non-ortho nitro benzene ring substituents is 1. The monoisotopic (exact) mass is 438 g/mol. The average Bonchev–Trinajstić information content (AvgIpc) is 3.13. The number of nitrogens with one attached hydrogen (secondary N) is 1. The van der Waals surface area contributed by atoms with Crippen molar-refractivity contribution in [1.29, 1.82) is 0 Å². The Morgan fingerprint density at radius 3 is 2.60 bits per heavy atom. The van der Waals surface area contributed by atoms with Crippen LogP contribution in [0.1, 0.15) is 11.1 Å². The van der Waals surface area contributed by atoms with E-state index in [2.05, 4.69) is 20.8 Å². The Morgan fingerprint density at radius 1 is 1.20 bits per heavy atom. The van der Waals surface area contributed by atoms with Crippen molar-refractivity contribution in [2.24, 2.45) is 0 Å². The van der Waals surface area contributed by atoms with Crippen molar-refractivity contribution >= 4 is 29.0 Å². The minimum atomic E-state index is -4.87. The molecule has 1 aromatic heterocycles. The van der Waals surface area contributed by atoms with E-state index in [9.17, 15) is 28.1 Å². The topological polar surface area (TPSA) is 116 Å². The van der Waals surface area contributed by atoms with Crippen molar-refractivity contribution < 1.29 is 22.9 Å². The van der Waals surface area contributed by atoms with E-state index in [0.29, 0.717) is 17.8 Å². The van der Waals surface area contributed by atoms with Gasteiger partial charge in [-0.1, -0.05) is 42.1 Å². The van der Waals surface area contributed by atoms with E-state index in [0.717, 1.165) is 29.5 Å². The quantitative estimate of drug-likeness (QED) is 0.342. The van der Waals surface area contributed by atoms with Crippen LogP contribution in [0.2, 0.25) is 0 Å². The third-order valence-corrected chi connectivity index (χ3v) is 4.76. The van der Waals surface area contributed by atoms with Crippen LogP contribution < -0.4 is 5.32 Å². The summed E-state index contributed by atoms with van der Waals surface area (Å²) in [5, 5.41) is 24.4. The molecule has 0 aliphatic heterocycles. The predicted octanol–water partition coefficient (Wildman–Crippen LogP) is 3.38. The molecule has 3 rings (SSSR count). The first-order chi connectivity index (χ1) is 14.2. The minimum Gasteiger partial charge on any atom is -0.325 e. The fraction of sp³-hybridized carbons (Fsp3) is 0.176. The van der Waals surface area contributed by atoms with Gasteiger partial charge in [0.2, 0.25) is 11.1 Å². The molecule has 0 unspecified atom stereocenters. The van der Waals surface area contributed by atoms with Gasteiger partial charge in [0.05, 0.1) is 28.5 Å².